The lowest BCUT2D eigenvalue weighted by Gasteiger charge is -2.32. The Kier molecular flexibility index (Phi) is 6.78. The summed E-state index contributed by atoms with van der Waals surface area (Å²) >= 11 is -2.22. The molecule has 1 aliphatic heterocycles. The summed E-state index contributed by atoms with van der Waals surface area (Å²) in [6.07, 6.45) is 0.107. The van der Waals surface area contributed by atoms with Crippen molar-refractivity contribution in [3.8, 4) is 0 Å². The highest BCUT2D eigenvalue weighted by molar-refractivity contribution is 7.77. The molecule has 1 unspecified atom stereocenters. The Bertz CT molecular complexity index is 998. The van der Waals surface area contributed by atoms with E-state index in [0.29, 0.717) is 5.46 Å². The van der Waals surface area contributed by atoms with Gasteiger partial charge in [0.05, 0.1) is 11.2 Å². The van der Waals surface area contributed by atoms with E-state index in [1.165, 1.54) is 18.2 Å². The van der Waals surface area contributed by atoms with Crippen LogP contribution in [0.1, 0.15) is 49.2 Å². The highest BCUT2D eigenvalue weighted by atomic mass is 32.2. The number of nitrogens with one attached hydrogen (secondary N) is 1. The third kappa shape index (κ3) is 5.10. The molecule has 3 rings (SSSR count). The highest BCUT2D eigenvalue weighted by Crippen LogP contribution is 2.37. The molecule has 0 amide bonds. The molecule has 1 atom stereocenters. The number of ketones is 1. The molecule has 2 aromatic rings. The van der Waals surface area contributed by atoms with Crippen LogP contribution in [0.25, 0.3) is 0 Å². The maximum atomic E-state index is 14.8. The Morgan fingerprint density at radius 3 is 2.23 bits per heavy atom. The second-order valence-corrected chi connectivity index (χ2v) is 9.14. The van der Waals surface area contributed by atoms with Crippen molar-refractivity contribution >= 4 is 29.6 Å². The number of halogens is 2. The van der Waals surface area contributed by atoms with Gasteiger partial charge in [0.1, 0.15) is 11.6 Å². The van der Waals surface area contributed by atoms with Crippen molar-refractivity contribution in [3.63, 3.8) is 0 Å². The van der Waals surface area contributed by atoms with Gasteiger partial charge in [-0.15, -0.1) is 0 Å². The zero-order valence-corrected chi connectivity index (χ0v) is 18.5. The minimum Gasteiger partial charge on any atom is -0.399 e. The van der Waals surface area contributed by atoms with Gasteiger partial charge in [-0.2, -0.15) is 0 Å². The van der Waals surface area contributed by atoms with Crippen molar-refractivity contribution in [2.24, 2.45) is 0 Å². The summed E-state index contributed by atoms with van der Waals surface area (Å²) in [5, 5.41) is 0. The number of hydrogen-bond donors (Lipinski definition) is 2. The highest BCUT2D eigenvalue weighted by Gasteiger charge is 2.52. The van der Waals surface area contributed by atoms with E-state index in [1.54, 1.807) is 0 Å². The van der Waals surface area contributed by atoms with Crippen molar-refractivity contribution in [1.82, 2.24) is 4.72 Å². The van der Waals surface area contributed by atoms with Crippen LogP contribution >= 0.6 is 0 Å². The Morgan fingerprint density at radius 1 is 1.10 bits per heavy atom. The van der Waals surface area contributed by atoms with Crippen LogP contribution in [0.4, 0.5) is 8.78 Å². The maximum absolute atomic E-state index is 14.8. The maximum Gasteiger partial charge on any atom is 0.495 e. The fourth-order valence-electron chi connectivity index (χ4n) is 3.22. The quantitative estimate of drug-likeness (QED) is 0.384. The van der Waals surface area contributed by atoms with Gasteiger partial charge in [-0.05, 0) is 75.5 Å². The lowest BCUT2D eigenvalue weighted by Crippen LogP contribution is -2.41. The standard InChI is InChI=1S/C21H24BF2NO5S/c1-20(2)21(3,4)30-22(29-20)17-11-14(9-10-25-31(27)28)18(24)12-16(17)19(26)13-5-7-15(23)8-6-13/h5-8,11-12,25H,9-10H2,1-4H3,(H,27,28). The average molecular weight is 451 g/mol. The van der Waals surface area contributed by atoms with Gasteiger partial charge >= 0.3 is 7.12 Å². The van der Waals surface area contributed by atoms with Gasteiger partial charge in [0, 0.05) is 17.7 Å². The van der Waals surface area contributed by atoms with Gasteiger partial charge in [-0.3, -0.25) is 9.35 Å². The molecule has 0 aliphatic carbocycles. The smallest absolute Gasteiger partial charge is 0.399 e. The lowest BCUT2D eigenvalue weighted by atomic mass is 9.73. The van der Waals surface area contributed by atoms with E-state index < -0.39 is 47.0 Å². The Morgan fingerprint density at radius 2 is 1.68 bits per heavy atom. The number of carbonyl (C=O) groups is 1. The van der Waals surface area contributed by atoms with Crippen LogP contribution in [0, 0.1) is 11.6 Å². The van der Waals surface area contributed by atoms with Crippen LogP contribution in [0.5, 0.6) is 0 Å². The topological polar surface area (TPSA) is 84.9 Å². The number of rotatable bonds is 7. The number of benzene rings is 2. The Hall–Kier alpha value is -1.98. The van der Waals surface area contributed by atoms with E-state index in [9.17, 15) is 17.8 Å². The summed E-state index contributed by atoms with van der Waals surface area (Å²) < 4.78 is 62.2. The number of carbonyl (C=O) groups excluding carboxylic acids is 1. The normalized spacial score (nSPS) is 18.2. The molecule has 2 aromatic carbocycles. The fourth-order valence-corrected chi connectivity index (χ4v) is 3.50. The predicted molar refractivity (Wildman–Crippen MR) is 114 cm³/mol. The molecule has 0 radical (unpaired) electrons. The van der Waals surface area contributed by atoms with Crippen LogP contribution in [0.2, 0.25) is 0 Å². The van der Waals surface area contributed by atoms with Gasteiger partial charge in [0.15, 0.2) is 5.78 Å². The van der Waals surface area contributed by atoms with Crippen molar-refractivity contribution in [3.05, 3.63) is 64.7 Å². The van der Waals surface area contributed by atoms with Gasteiger partial charge in [0.25, 0.3) is 0 Å². The first-order chi connectivity index (χ1) is 14.4. The SMILES string of the molecule is CC1(C)OB(c2cc(CCNS(=O)O)c(F)cc2C(=O)c2ccc(F)cc2)OC1(C)C. The second kappa shape index (κ2) is 8.87. The minimum absolute atomic E-state index is 0.0463. The van der Waals surface area contributed by atoms with Gasteiger partial charge in [-0.1, -0.05) is 6.07 Å². The van der Waals surface area contributed by atoms with Crippen LogP contribution in [0.15, 0.2) is 36.4 Å². The molecule has 10 heteroatoms. The third-order valence-electron chi connectivity index (χ3n) is 5.70. The molecule has 166 valence electrons. The van der Waals surface area contributed by atoms with Gasteiger partial charge < -0.3 is 9.31 Å². The molecule has 0 spiro atoms. The van der Waals surface area contributed by atoms with Crippen LogP contribution in [0.3, 0.4) is 0 Å². The van der Waals surface area contributed by atoms with E-state index in [-0.39, 0.29) is 29.7 Å². The van der Waals surface area contributed by atoms with Crippen molar-refractivity contribution in [2.75, 3.05) is 6.54 Å². The predicted octanol–water partition coefficient (Wildman–Crippen LogP) is 2.76. The van der Waals surface area contributed by atoms with E-state index in [1.807, 2.05) is 27.7 Å². The number of hydrogen-bond acceptors (Lipinski definition) is 4. The average Bonchev–Trinajstić information content (AvgIpc) is 2.89. The summed E-state index contributed by atoms with van der Waals surface area (Å²) in [5.74, 6) is -1.63. The summed E-state index contributed by atoms with van der Waals surface area (Å²) in [5.41, 5.74) is -0.545. The second-order valence-electron chi connectivity index (χ2n) is 8.35. The van der Waals surface area contributed by atoms with Gasteiger partial charge in [-0.25, -0.2) is 17.7 Å². The molecule has 31 heavy (non-hydrogen) atoms. The fraction of sp³-hybridized carbons (Fsp3) is 0.381. The van der Waals surface area contributed by atoms with E-state index >= 15 is 0 Å². The zero-order chi connectivity index (χ0) is 23.0. The molecule has 0 saturated carbocycles. The monoisotopic (exact) mass is 451 g/mol. The largest absolute Gasteiger partial charge is 0.495 e. The molecular formula is C21H24BF2NO5S. The molecule has 1 heterocycles. The first-order valence-electron chi connectivity index (χ1n) is 9.74. The van der Waals surface area contributed by atoms with E-state index in [4.69, 9.17) is 13.9 Å². The minimum atomic E-state index is -2.22. The molecule has 1 saturated heterocycles. The Balaban J connectivity index is 2.04. The van der Waals surface area contributed by atoms with E-state index in [2.05, 4.69) is 4.72 Å². The molecule has 6 nitrogen and oxygen atoms in total. The van der Waals surface area contributed by atoms with Crippen LogP contribution in [-0.2, 0) is 27.0 Å². The summed E-state index contributed by atoms with van der Waals surface area (Å²) in [6.45, 7) is 7.49. The molecular weight excluding hydrogens is 427 g/mol. The summed E-state index contributed by atoms with van der Waals surface area (Å²) in [7, 11) is -0.927. The molecule has 1 fully saturated rings. The summed E-state index contributed by atoms with van der Waals surface area (Å²) in [6, 6.07) is 7.57. The van der Waals surface area contributed by atoms with Crippen LogP contribution < -0.4 is 10.2 Å². The third-order valence-corrected chi connectivity index (χ3v) is 6.15. The zero-order valence-electron chi connectivity index (χ0n) is 17.7. The van der Waals surface area contributed by atoms with Gasteiger partial charge in [0.2, 0.25) is 11.3 Å². The van der Waals surface area contributed by atoms with Crippen molar-refractivity contribution in [1.29, 1.82) is 0 Å². The summed E-state index contributed by atoms with van der Waals surface area (Å²) in [4.78, 5) is 13.1. The molecule has 2 N–H and O–H groups in total. The van der Waals surface area contributed by atoms with Crippen LogP contribution in [-0.4, -0.2) is 39.4 Å². The lowest BCUT2D eigenvalue weighted by molar-refractivity contribution is 0.00578. The molecule has 1 aliphatic rings. The first-order valence-corrected chi connectivity index (χ1v) is 10.8. The molecule has 0 aromatic heterocycles. The molecule has 0 bridgehead atoms. The van der Waals surface area contributed by atoms with Crippen molar-refractivity contribution < 1.29 is 31.6 Å². The first kappa shape index (κ1) is 23.7. The van der Waals surface area contributed by atoms with Crippen molar-refractivity contribution in [2.45, 2.75) is 45.3 Å². The van der Waals surface area contributed by atoms with E-state index in [0.717, 1.165) is 18.2 Å². The Labute approximate surface area is 182 Å².